The highest BCUT2D eigenvalue weighted by Gasteiger charge is 2.22. The SMILES string of the molecule is CNCCC(=O)N1CCc2c(cccc2NC(=O)Nc2ccc(C)cc2)C1. The van der Waals surface area contributed by atoms with Crippen molar-refractivity contribution in [1.82, 2.24) is 10.2 Å². The second kappa shape index (κ2) is 8.68. The smallest absolute Gasteiger partial charge is 0.323 e. The maximum Gasteiger partial charge on any atom is 0.323 e. The molecule has 3 N–H and O–H groups in total. The van der Waals surface area contributed by atoms with Crippen LogP contribution in [0.1, 0.15) is 23.1 Å². The highest BCUT2D eigenvalue weighted by Crippen LogP contribution is 2.26. The lowest BCUT2D eigenvalue weighted by atomic mass is 9.97. The van der Waals surface area contributed by atoms with Crippen LogP contribution in [-0.2, 0) is 17.8 Å². The van der Waals surface area contributed by atoms with Crippen molar-refractivity contribution in [1.29, 1.82) is 0 Å². The fourth-order valence-corrected chi connectivity index (χ4v) is 3.25. The van der Waals surface area contributed by atoms with E-state index < -0.39 is 0 Å². The molecule has 0 atom stereocenters. The van der Waals surface area contributed by atoms with Gasteiger partial charge in [0.05, 0.1) is 0 Å². The standard InChI is InChI=1S/C21H26N4O2/c1-15-6-8-17(9-7-15)23-21(27)24-19-5-3-4-16-14-25(13-11-18(16)19)20(26)10-12-22-2/h3-9,22H,10-14H2,1-2H3,(H2,23,24,27). The predicted molar refractivity (Wildman–Crippen MR) is 108 cm³/mol. The van der Waals surface area contributed by atoms with E-state index in [9.17, 15) is 9.59 Å². The molecule has 3 amide bonds. The Balaban J connectivity index is 1.65. The average Bonchev–Trinajstić information content (AvgIpc) is 2.67. The quantitative estimate of drug-likeness (QED) is 0.761. The molecule has 0 aromatic heterocycles. The highest BCUT2D eigenvalue weighted by molar-refractivity contribution is 6.00. The molecule has 3 rings (SSSR count). The lowest BCUT2D eigenvalue weighted by Crippen LogP contribution is -2.37. The van der Waals surface area contributed by atoms with Gasteiger partial charge in [0.2, 0.25) is 5.91 Å². The third-order valence-corrected chi connectivity index (χ3v) is 4.77. The maximum atomic E-state index is 12.3. The number of fused-ring (bicyclic) bond motifs is 1. The molecule has 1 aliphatic rings. The van der Waals surface area contributed by atoms with Gasteiger partial charge in [-0.1, -0.05) is 29.8 Å². The van der Waals surface area contributed by atoms with Gasteiger partial charge in [-0.05, 0) is 49.7 Å². The maximum absolute atomic E-state index is 12.3. The van der Waals surface area contributed by atoms with E-state index in [1.54, 1.807) is 0 Å². The number of hydrogen-bond donors (Lipinski definition) is 3. The number of nitrogens with one attached hydrogen (secondary N) is 3. The second-order valence-electron chi connectivity index (χ2n) is 6.81. The van der Waals surface area contributed by atoms with E-state index in [0.717, 1.165) is 34.5 Å². The molecule has 0 saturated carbocycles. The third-order valence-electron chi connectivity index (χ3n) is 4.77. The summed E-state index contributed by atoms with van der Waals surface area (Å²) in [5, 5.41) is 8.81. The fourth-order valence-electron chi connectivity index (χ4n) is 3.25. The Bertz CT molecular complexity index is 817. The number of carbonyl (C=O) groups excluding carboxylic acids is 2. The Morgan fingerprint density at radius 1 is 1.07 bits per heavy atom. The molecule has 0 aliphatic carbocycles. The van der Waals surface area contributed by atoms with Crippen molar-refractivity contribution in [2.45, 2.75) is 26.3 Å². The predicted octanol–water partition coefficient (Wildman–Crippen LogP) is 3.13. The number of benzene rings is 2. The summed E-state index contributed by atoms with van der Waals surface area (Å²) in [6.45, 7) is 3.96. The molecule has 6 nitrogen and oxygen atoms in total. The molecule has 0 bridgehead atoms. The zero-order valence-corrected chi connectivity index (χ0v) is 15.8. The average molecular weight is 366 g/mol. The van der Waals surface area contributed by atoms with Crippen molar-refractivity contribution in [3.05, 3.63) is 59.2 Å². The first-order chi connectivity index (χ1) is 13.1. The van der Waals surface area contributed by atoms with E-state index in [1.807, 2.05) is 61.3 Å². The van der Waals surface area contributed by atoms with Crippen molar-refractivity contribution < 1.29 is 9.59 Å². The van der Waals surface area contributed by atoms with Crippen molar-refractivity contribution in [3.63, 3.8) is 0 Å². The van der Waals surface area contributed by atoms with E-state index in [-0.39, 0.29) is 11.9 Å². The molecule has 1 heterocycles. The lowest BCUT2D eigenvalue weighted by Gasteiger charge is -2.30. The van der Waals surface area contributed by atoms with E-state index in [1.165, 1.54) is 0 Å². The van der Waals surface area contributed by atoms with Gasteiger partial charge < -0.3 is 20.9 Å². The van der Waals surface area contributed by atoms with E-state index in [2.05, 4.69) is 16.0 Å². The third kappa shape index (κ3) is 4.86. The van der Waals surface area contributed by atoms with Crippen molar-refractivity contribution >= 4 is 23.3 Å². The molecule has 2 aromatic carbocycles. The summed E-state index contributed by atoms with van der Waals surface area (Å²) in [6.07, 6.45) is 1.24. The zero-order valence-electron chi connectivity index (χ0n) is 15.8. The minimum atomic E-state index is -0.264. The number of anilines is 2. The topological polar surface area (TPSA) is 73.5 Å². The van der Waals surface area contributed by atoms with Crippen molar-refractivity contribution in [2.24, 2.45) is 0 Å². The highest BCUT2D eigenvalue weighted by atomic mass is 16.2. The van der Waals surface area contributed by atoms with Crippen LogP contribution in [0.4, 0.5) is 16.2 Å². The molecule has 0 radical (unpaired) electrons. The first-order valence-electron chi connectivity index (χ1n) is 9.24. The number of urea groups is 1. The summed E-state index contributed by atoms with van der Waals surface area (Å²) >= 11 is 0. The zero-order chi connectivity index (χ0) is 19.2. The summed E-state index contributed by atoms with van der Waals surface area (Å²) in [7, 11) is 1.85. The van der Waals surface area contributed by atoms with Crippen LogP contribution in [0.3, 0.4) is 0 Å². The van der Waals surface area contributed by atoms with Gasteiger partial charge in [0.25, 0.3) is 0 Å². The summed E-state index contributed by atoms with van der Waals surface area (Å²) in [4.78, 5) is 26.5. The van der Waals surface area contributed by atoms with E-state index >= 15 is 0 Å². The molecule has 2 aromatic rings. The number of amides is 3. The van der Waals surface area contributed by atoms with Gasteiger partial charge in [-0.3, -0.25) is 4.79 Å². The first-order valence-corrected chi connectivity index (χ1v) is 9.24. The normalized spacial score (nSPS) is 13.0. The van der Waals surface area contributed by atoms with Gasteiger partial charge in [0, 0.05) is 37.4 Å². The van der Waals surface area contributed by atoms with Gasteiger partial charge in [-0.2, -0.15) is 0 Å². The monoisotopic (exact) mass is 366 g/mol. The molecule has 142 valence electrons. The van der Waals surface area contributed by atoms with Crippen molar-refractivity contribution in [2.75, 3.05) is 30.8 Å². The Kier molecular flexibility index (Phi) is 6.08. The number of nitrogens with zero attached hydrogens (tertiary/aromatic N) is 1. The minimum absolute atomic E-state index is 0.158. The lowest BCUT2D eigenvalue weighted by molar-refractivity contribution is -0.132. The molecule has 6 heteroatoms. The number of carbonyl (C=O) groups is 2. The molecule has 0 saturated heterocycles. The molecule has 27 heavy (non-hydrogen) atoms. The van der Waals surface area contributed by atoms with Crippen LogP contribution in [0.25, 0.3) is 0 Å². The largest absolute Gasteiger partial charge is 0.338 e. The van der Waals surface area contributed by atoms with Crippen LogP contribution < -0.4 is 16.0 Å². The molecule has 0 spiro atoms. The van der Waals surface area contributed by atoms with Crippen LogP contribution in [0.15, 0.2) is 42.5 Å². The number of hydrogen-bond acceptors (Lipinski definition) is 3. The van der Waals surface area contributed by atoms with Crippen LogP contribution >= 0.6 is 0 Å². The summed E-state index contributed by atoms with van der Waals surface area (Å²) in [5.41, 5.74) is 4.90. The summed E-state index contributed by atoms with van der Waals surface area (Å²) in [5.74, 6) is 0.158. The minimum Gasteiger partial charge on any atom is -0.338 e. The molecular formula is C21H26N4O2. The molecular weight excluding hydrogens is 340 g/mol. The Labute approximate surface area is 159 Å². The fraction of sp³-hybridized carbons (Fsp3) is 0.333. The molecule has 0 unspecified atom stereocenters. The van der Waals surface area contributed by atoms with Crippen LogP contribution in [0.5, 0.6) is 0 Å². The molecule has 0 fully saturated rings. The number of rotatable bonds is 5. The van der Waals surface area contributed by atoms with Gasteiger partial charge in [-0.25, -0.2) is 4.79 Å². The molecule has 1 aliphatic heterocycles. The second-order valence-corrected chi connectivity index (χ2v) is 6.81. The van der Waals surface area contributed by atoms with Gasteiger partial charge in [0.1, 0.15) is 0 Å². The Morgan fingerprint density at radius 3 is 2.59 bits per heavy atom. The van der Waals surface area contributed by atoms with Crippen LogP contribution in [0, 0.1) is 6.92 Å². The number of aryl methyl sites for hydroxylation is 1. The van der Waals surface area contributed by atoms with Crippen LogP contribution in [-0.4, -0.2) is 37.0 Å². The van der Waals surface area contributed by atoms with Crippen molar-refractivity contribution in [3.8, 4) is 0 Å². The first kappa shape index (κ1) is 18.9. The summed E-state index contributed by atoms with van der Waals surface area (Å²) < 4.78 is 0. The van der Waals surface area contributed by atoms with Crippen LogP contribution in [0.2, 0.25) is 0 Å². The summed E-state index contributed by atoms with van der Waals surface area (Å²) in [6, 6.07) is 13.3. The van der Waals surface area contributed by atoms with Gasteiger partial charge in [0.15, 0.2) is 0 Å². The van der Waals surface area contributed by atoms with E-state index in [4.69, 9.17) is 0 Å². The Hall–Kier alpha value is -2.86. The van der Waals surface area contributed by atoms with E-state index in [0.29, 0.717) is 26.1 Å². The van der Waals surface area contributed by atoms with Gasteiger partial charge >= 0.3 is 6.03 Å². The Morgan fingerprint density at radius 2 is 1.85 bits per heavy atom. The van der Waals surface area contributed by atoms with Gasteiger partial charge in [-0.15, -0.1) is 0 Å².